The van der Waals surface area contributed by atoms with Gasteiger partial charge in [-0.25, -0.2) is 0 Å². The van der Waals surface area contributed by atoms with E-state index in [9.17, 15) is 18.5 Å². The van der Waals surface area contributed by atoms with Crippen molar-refractivity contribution in [3.8, 4) is 23.0 Å². The van der Waals surface area contributed by atoms with Crippen LogP contribution in [0.15, 0.2) is 71.9 Å². The summed E-state index contributed by atoms with van der Waals surface area (Å²) in [5.41, 5.74) is 1.55. The maximum Gasteiger partial charge on any atom is 0.297 e. The number of rotatable bonds is 10. The van der Waals surface area contributed by atoms with E-state index in [0.717, 1.165) is 29.8 Å². The van der Waals surface area contributed by atoms with Gasteiger partial charge >= 0.3 is 0 Å². The van der Waals surface area contributed by atoms with Gasteiger partial charge in [-0.2, -0.15) is 8.42 Å². The largest absolute Gasteiger partial charge is 0.374 e. The van der Waals surface area contributed by atoms with Crippen LogP contribution in [0.2, 0.25) is 0 Å². The lowest BCUT2D eigenvalue weighted by molar-refractivity contribution is -0.384. The highest BCUT2D eigenvalue weighted by atomic mass is 32.2. The van der Waals surface area contributed by atoms with Crippen LogP contribution in [0.1, 0.15) is 5.56 Å². The molecular formula is C21H17N7O6S. The highest BCUT2D eigenvalue weighted by Crippen LogP contribution is 2.18. The van der Waals surface area contributed by atoms with E-state index >= 15 is 0 Å². The third-order valence-corrected chi connectivity index (χ3v) is 5.82. The highest BCUT2D eigenvalue weighted by molar-refractivity contribution is 7.86. The van der Waals surface area contributed by atoms with E-state index in [4.69, 9.17) is 8.92 Å². The van der Waals surface area contributed by atoms with Crippen molar-refractivity contribution in [2.24, 2.45) is 0 Å². The Morgan fingerprint density at radius 3 is 2.09 bits per heavy atom. The number of aromatic nitrogens is 6. The summed E-state index contributed by atoms with van der Waals surface area (Å²) < 4.78 is 34.6. The van der Waals surface area contributed by atoms with Gasteiger partial charge in [0.05, 0.1) is 29.6 Å². The Hall–Kier alpha value is -4.27. The number of nitro benzene ring substituents is 1. The molecule has 0 aliphatic rings. The third-order valence-electron chi connectivity index (χ3n) is 4.50. The van der Waals surface area contributed by atoms with Gasteiger partial charge in [-0.3, -0.25) is 24.3 Å². The summed E-state index contributed by atoms with van der Waals surface area (Å²) in [4.78, 5) is 18.3. The van der Waals surface area contributed by atoms with Gasteiger partial charge in [0.25, 0.3) is 15.8 Å². The van der Waals surface area contributed by atoms with Crippen LogP contribution >= 0.6 is 0 Å². The SMILES string of the molecule is O=[N+]([O-])c1ccc(S(=O)(=O)OCCOCc2ccc(-c3nnc(-c4ccccn4)nn3)nc2)cc1. The second kappa shape index (κ2) is 10.8. The van der Waals surface area contributed by atoms with Crippen molar-refractivity contribution in [3.63, 3.8) is 0 Å². The summed E-state index contributed by atoms with van der Waals surface area (Å²) in [7, 11) is -4.05. The zero-order valence-corrected chi connectivity index (χ0v) is 18.8. The summed E-state index contributed by atoms with van der Waals surface area (Å²) in [6, 6.07) is 13.2. The van der Waals surface area contributed by atoms with E-state index in [1.807, 2.05) is 6.07 Å². The van der Waals surface area contributed by atoms with Crippen LogP contribution in [0.4, 0.5) is 5.69 Å². The molecule has 4 rings (SSSR count). The standard InChI is InChI=1S/C21H17N7O6S/c29-28(30)16-5-7-17(8-6-16)35(31,32)34-12-11-33-14-15-4-9-19(23-13-15)21-26-24-20(25-27-21)18-3-1-2-10-22-18/h1-10,13H,11-12,14H2. The van der Waals surface area contributed by atoms with Crippen molar-refractivity contribution in [2.75, 3.05) is 13.2 Å². The van der Waals surface area contributed by atoms with E-state index in [1.54, 1.807) is 36.7 Å². The van der Waals surface area contributed by atoms with Gasteiger partial charge in [0.1, 0.15) is 11.4 Å². The minimum absolute atomic E-state index is 0.000102. The lowest BCUT2D eigenvalue weighted by atomic mass is 10.2. The molecule has 0 bridgehead atoms. The van der Waals surface area contributed by atoms with Crippen molar-refractivity contribution in [2.45, 2.75) is 11.5 Å². The summed E-state index contributed by atoms with van der Waals surface area (Å²) in [6.07, 6.45) is 3.19. The number of ether oxygens (including phenoxy) is 1. The second-order valence-corrected chi connectivity index (χ2v) is 8.51. The van der Waals surface area contributed by atoms with Crippen molar-refractivity contribution in [1.29, 1.82) is 0 Å². The number of benzene rings is 1. The maximum absolute atomic E-state index is 12.1. The first kappa shape index (κ1) is 23.9. The second-order valence-electron chi connectivity index (χ2n) is 6.89. The summed E-state index contributed by atoms with van der Waals surface area (Å²) in [5.74, 6) is 0.555. The number of hydrogen-bond acceptors (Lipinski definition) is 12. The number of pyridine rings is 2. The Morgan fingerprint density at radius 1 is 0.829 bits per heavy atom. The van der Waals surface area contributed by atoms with Crippen LogP contribution in [0.3, 0.4) is 0 Å². The van der Waals surface area contributed by atoms with Crippen LogP contribution in [-0.4, -0.2) is 56.9 Å². The fourth-order valence-corrected chi connectivity index (χ4v) is 3.66. The number of nitrogens with zero attached hydrogens (tertiary/aromatic N) is 7. The van der Waals surface area contributed by atoms with Gasteiger partial charge in [0, 0.05) is 24.5 Å². The molecule has 0 saturated heterocycles. The van der Waals surface area contributed by atoms with Crippen molar-refractivity contribution >= 4 is 15.8 Å². The Bertz CT molecular complexity index is 1390. The third kappa shape index (κ3) is 6.20. The molecule has 0 amide bonds. The van der Waals surface area contributed by atoms with Crippen LogP contribution in [0.25, 0.3) is 23.0 Å². The van der Waals surface area contributed by atoms with E-state index in [1.165, 1.54) is 0 Å². The topological polar surface area (TPSA) is 173 Å². The minimum atomic E-state index is -4.05. The Balaban J connectivity index is 1.25. The van der Waals surface area contributed by atoms with E-state index in [0.29, 0.717) is 17.2 Å². The molecule has 0 atom stereocenters. The summed E-state index contributed by atoms with van der Waals surface area (Å²) in [6.45, 7) is -0.0529. The first-order valence-corrected chi connectivity index (χ1v) is 11.5. The van der Waals surface area contributed by atoms with Gasteiger partial charge in [-0.05, 0) is 35.9 Å². The quantitative estimate of drug-likeness (QED) is 0.136. The van der Waals surface area contributed by atoms with Gasteiger partial charge in [-0.15, -0.1) is 20.4 Å². The van der Waals surface area contributed by atoms with Crippen molar-refractivity contribution < 1.29 is 22.3 Å². The first-order valence-electron chi connectivity index (χ1n) is 10.1. The van der Waals surface area contributed by atoms with Crippen LogP contribution < -0.4 is 0 Å². The van der Waals surface area contributed by atoms with Gasteiger partial charge in [0.2, 0.25) is 11.6 Å². The Morgan fingerprint density at radius 2 is 1.51 bits per heavy atom. The molecule has 13 nitrogen and oxygen atoms in total. The molecule has 0 saturated carbocycles. The molecule has 178 valence electrons. The first-order chi connectivity index (χ1) is 16.9. The van der Waals surface area contributed by atoms with Crippen molar-refractivity contribution in [3.05, 3.63) is 82.7 Å². The van der Waals surface area contributed by atoms with Crippen LogP contribution in [-0.2, 0) is 25.6 Å². The average Bonchev–Trinajstić information content (AvgIpc) is 2.89. The smallest absolute Gasteiger partial charge is 0.297 e. The molecule has 3 heterocycles. The molecule has 0 fully saturated rings. The molecule has 0 spiro atoms. The monoisotopic (exact) mass is 495 g/mol. The highest BCUT2D eigenvalue weighted by Gasteiger charge is 2.16. The normalized spacial score (nSPS) is 11.3. The van der Waals surface area contributed by atoms with E-state index < -0.39 is 15.0 Å². The summed E-state index contributed by atoms with van der Waals surface area (Å²) in [5, 5.41) is 26.8. The van der Waals surface area contributed by atoms with E-state index in [-0.39, 0.29) is 36.2 Å². The number of hydrogen-bond donors (Lipinski definition) is 0. The Labute approximate surface area is 199 Å². The maximum atomic E-state index is 12.1. The van der Waals surface area contributed by atoms with Gasteiger partial charge in [0.15, 0.2) is 0 Å². The molecule has 0 aliphatic heterocycles. The Kier molecular flexibility index (Phi) is 7.35. The predicted octanol–water partition coefficient (Wildman–Crippen LogP) is 2.22. The molecule has 14 heteroatoms. The molecule has 0 unspecified atom stereocenters. The molecule has 4 aromatic rings. The van der Waals surface area contributed by atoms with Crippen molar-refractivity contribution in [1.82, 2.24) is 30.4 Å². The minimum Gasteiger partial charge on any atom is -0.374 e. The van der Waals surface area contributed by atoms with Crippen LogP contribution in [0.5, 0.6) is 0 Å². The number of non-ortho nitro benzene ring substituents is 1. The molecular weight excluding hydrogens is 478 g/mol. The molecule has 1 aromatic carbocycles. The van der Waals surface area contributed by atoms with Crippen LogP contribution in [0, 0.1) is 10.1 Å². The fourth-order valence-electron chi connectivity index (χ4n) is 2.77. The molecule has 3 aromatic heterocycles. The molecule has 0 radical (unpaired) electrons. The summed E-state index contributed by atoms with van der Waals surface area (Å²) >= 11 is 0. The zero-order valence-electron chi connectivity index (χ0n) is 18.0. The van der Waals surface area contributed by atoms with Gasteiger partial charge < -0.3 is 4.74 Å². The average molecular weight is 495 g/mol. The molecule has 0 N–H and O–H groups in total. The predicted molar refractivity (Wildman–Crippen MR) is 120 cm³/mol. The lowest BCUT2D eigenvalue weighted by Gasteiger charge is -2.07. The fraction of sp³-hybridized carbons (Fsp3) is 0.143. The molecule has 0 aliphatic carbocycles. The zero-order chi connectivity index (χ0) is 24.7. The molecule has 35 heavy (non-hydrogen) atoms. The lowest BCUT2D eigenvalue weighted by Crippen LogP contribution is -2.11. The van der Waals surface area contributed by atoms with Gasteiger partial charge in [-0.1, -0.05) is 12.1 Å². The number of nitro groups is 1. The van der Waals surface area contributed by atoms with E-state index in [2.05, 4.69) is 30.4 Å².